The summed E-state index contributed by atoms with van der Waals surface area (Å²) in [6.07, 6.45) is 5.37. The Morgan fingerprint density at radius 2 is 2.00 bits per heavy atom. The van der Waals surface area contributed by atoms with Crippen LogP contribution in [0.3, 0.4) is 0 Å². The van der Waals surface area contributed by atoms with Crippen LogP contribution in [0.4, 0.5) is 0 Å². The Labute approximate surface area is 189 Å². The van der Waals surface area contributed by atoms with Crippen molar-refractivity contribution in [1.82, 2.24) is 14.7 Å². The van der Waals surface area contributed by atoms with E-state index in [0.717, 1.165) is 29.3 Å². The molecule has 0 unspecified atom stereocenters. The van der Waals surface area contributed by atoms with Crippen molar-refractivity contribution >= 4 is 40.1 Å². The number of hydrogen-bond acceptors (Lipinski definition) is 5. The number of carbonyl (C=O) groups is 1. The van der Waals surface area contributed by atoms with Crippen molar-refractivity contribution in [3.63, 3.8) is 0 Å². The van der Waals surface area contributed by atoms with Crippen molar-refractivity contribution in [3.8, 4) is 6.07 Å². The van der Waals surface area contributed by atoms with E-state index < -0.39 is 5.97 Å². The zero-order valence-corrected chi connectivity index (χ0v) is 18.0. The predicted molar refractivity (Wildman–Crippen MR) is 121 cm³/mol. The number of aromatic carboxylic acids is 1. The fraction of sp³-hybridized carbons (Fsp3) is 0.167. The summed E-state index contributed by atoms with van der Waals surface area (Å²) in [6, 6.07) is 14.0. The quantitative estimate of drug-likeness (QED) is 0.379. The number of aromatic nitrogens is 3. The molecule has 0 aliphatic carbocycles. The molecule has 0 aliphatic heterocycles. The lowest BCUT2D eigenvalue weighted by atomic mass is 10.0. The number of benzene rings is 2. The van der Waals surface area contributed by atoms with Gasteiger partial charge in [0.25, 0.3) is 0 Å². The van der Waals surface area contributed by atoms with Gasteiger partial charge in [-0.15, -0.1) is 0 Å². The highest BCUT2D eigenvalue weighted by Gasteiger charge is 2.13. The minimum absolute atomic E-state index is 0.166. The first-order chi connectivity index (χ1) is 15.5. The van der Waals surface area contributed by atoms with Gasteiger partial charge in [-0.2, -0.15) is 10.2 Å². The minimum atomic E-state index is -1.01. The predicted octanol–water partition coefficient (Wildman–Crippen LogP) is 5.44. The summed E-state index contributed by atoms with van der Waals surface area (Å²) < 4.78 is 7.34. The van der Waals surface area contributed by atoms with Crippen molar-refractivity contribution in [1.29, 1.82) is 5.26 Å². The molecule has 0 saturated heterocycles. The molecule has 4 aromatic rings. The van der Waals surface area contributed by atoms with Crippen LogP contribution in [0.1, 0.15) is 46.5 Å². The molecule has 0 bridgehead atoms. The third-order valence-corrected chi connectivity index (χ3v) is 5.26. The van der Waals surface area contributed by atoms with E-state index in [1.54, 1.807) is 24.3 Å². The van der Waals surface area contributed by atoms with Gasteiger partial charge in [0.15, 0.2) is 5.82 Å². The Morgan fingerprint density at radius 3 is 2.69 bits per heavy atom. The van der Waals surface area contributed by atoms with E-state index in [-0.39, 0.29) is 5.56 Å². The maximum atomic E-state index is 11.1. The molecule has 1 N–H and O–H groups in total. The van der Waals surface area contributed by atoms with Crippen molar-refractivity contribution in [2.45, 2.75) is 26.3 Å². The topological polar surface area (TPSA) is 105 Å². The molecule has 0 aliphatic rings. The molecule has 0 saturated carbocycles. The zero-order valence-electron chi connectivity index (χ0n) is 17.2. The van der Waals surface area contributed by atoms with Crippen LogP contribution in [0.25, 0.3) is 22.6 Å². The van der Waals surface area contributed by atoms with Crippen LogP contribution in [0.5, 0.6) is 0 Å². The van der Waals surface area contributed by atoms with Crippen LogP contribution in [0, 0.1) is 11.3 Å². The number of allylic oxidation sites excluding steroid dienone is 1. The molecule has 0 atom stereocenters. The SMILES string of the molecule is CCCc1noc(Cn2cc(/C=C(\C#N)c3ccc(C(=O)O)cc3)c3ccc(Cl)cc32)n1. The molecule has 32 heavy (non-hydrogen) atoms. The Hall–Kier alpha value is -3.89. The van der Waals surface area contributed by atoms with Gasteiger partial charge in [0.05, 0.1) is 22.7 Å². The molecule has 0 fully saturated rings. The summed E-state index contributed by atoms with van der Waals surface area (Å²) in [7, 11) is 0. The van der Waals surface area contributed by atoms with Crippen LogP contribution >= 0.6 is 11.6 Å². The van der Waals surface area contributed by atoms with E-state index in [4.69, 9.17) is 21.2 Å². The maximum Gasteiger partial charge on any atom is 0.335 e. The number of carboxylic acids is 1. The number of aryl methyl sites for hydroxylation is 1. The first-order valence-corrected chi connectivity index (χ1v) is 10.4. The molecular weight excluding hydrogens is 428 g/mol. The Kier molecular flexibility index (Phi) is 6.06. The molecule has 2 aromatic heterocycles. The van der Waals surface area contributed by atoms with E-state index in [1.807, 2.05) is 22.9 Å². The minimum Gasteiger partial charge on any atom is -0.478 e. The summed E-state index contributed by atoms with van der Waals surface area (Å²) in [6.45, 7) is 2.43. The third-order valence-electron chi connectivity index (χ3n) is 5.03. The molecule has 0 radical (unpaired) electrons. The highest BCUT2D eigenvalue weighted by Crippen LogP contribution is 2.29. The van der Waals surface area contributed by atoms with Crippen molar-refractivity contribution in [3.05, 3.63) is 82.1 Å². The van der Waals surface area contributed by atoms with E-state index in [1.165, 1.54) is 12.1 Å². The lowest BCUT2D eigenvalue weighted by Crippen LogP contribution is -1.98. The number of nitrogens with zero attached hydrogens (tertiary/aromatic N) is 4. The van der Waals surface area contributed by atoms with Gasteiger partial charge in [-0.25, -0.2) is 4.79 Å². The summed E-state index contributed by atoms with van der Waals surface area (Å²) in [4.78, 5) is 15.5. The standard InChI is InChI=1S/C24H19ClN4O3/c1-2-3-22-27-23(32-28-22)14-29-13-18(20-9-8-19(25)11-21(20)29)10-17(12-26)15-4-6-16(7-5-15)24(30)31/h4-11,13H,2-3,14H2,1H3,(H,30,31)/b17-10+. The second-order valence-corrected chi connectivity index (χ2v) is 7.72. The van der Waals surface area contributed by atoms with E-state index in [2.05, 4.69) is 23.1 Å². The Morgan fingerprint density at radius 1 is 1.25 bits per heavy atom. The monoisotopic (exact) mass is 446 g/mol. The average molecular weight is 447 g/mol. The van der Waals surface area contributed by atoms with E-state index >= 15 is 0 Å². The van der Waals surface area contributed by atoms with Crippen LogP contribution in [0.2, 0.25) is 5.02 Å². The van der Waals surface area contributed by atoms with Crippen LogP contribution in [-0.2, 0) is 13.0 Å². The highest BCUT2D eigenvalue weighted by molar-refractivity contribution is 6.31. The number of rotatable bonds is 7. The molecule has 2 aromatic carbocycles. The second kappa shape index (κ2) is 9.08. The smallest absolute Gasteiger partial charge is 0.335 e. The van der Waals surface area contributed by atoms with Gasteiger partial charge in [0.1, 0.15) is 6.54 Å². The van der Waals surface area contributed by atoms with Gasteiger partial charge in [0.2, 0.25) is 5.89 Å². The summed E-state index contributed by atoms with van der Waals surface area (Å²) in [5.74, 6) is 0.154. The molecule has 7 nitrogen and oxygen atoms in total. The number of hydrogen-bond donors (Lipinski definition) is 1. The van der Waals surface area contributed by atoms with Crippen molar-refractivity contribution < 1.29 is 14.4 Å². The highest BCUT2D eigenvalue weighted by atomic mass is 35.5. The van der Waals surface area contributed by atoms with E-state index in [0.29, 0.717) is 34.4 Å². The van der Waals surface area contributed by atoms with Crippen LogP contribution in [0.15, 0.2) is 53.2 Å². The van der Waals surface area contributed by atoms with Crippen LogP contribution in [-0.4, -0.2) is 25.8 Å². The summed E-state index contributed by atoms with van der Waals surface area (Å²) >= 11 is 6.24. The number of fused-ring (bicyclic) bond motifs is 1. The molecule has 2 heterocycles. The lowest BCUT2D eigenvalue weighted by Gasteiger charge is -2.01. The fourth-order valence-electron chi connectivity index (χ4n) is 3.49. The van der Waals surface area contributed by atoms with Crippen molar-refractivity contribution in [2.75, 3.05) is 0 Å². The lowest BCUT2D eigenvalue weighted by molar-refractivity contribution is 0.0697. The number of carboxylic acid groups (broad SMARTS) is 1. The van der Waals surface area contributed by atoms with Gasteiger partial charge in [-0.3, -0.25) is 0 Å². The largest absolute Gasteiger partial charge is 0.478 e. The maximum absolute atomic E-state index is 11.1. The average Bonchev–Trinajstić information content (AvgIpc) is 3.36. The normalized spacial score (nSPS) is 11.6. The molecule has 160 valence electrons. The summed E-state index contributed by atoms with van der Waals surface area (Å²) in [5, 5.41) is 24.3. The van der Waals surface area contributed by atoms with Gasteiger partial charge >= 0.3 is 5.97 Å². The first kappa shape index (κ1) is 21.3. The molecular formula is C24H19ClN4O3. The second-order valence-electron chi connectivity index (χ2n) is 7.28. The molecule has 4 rings (SSSR count). The van der Waals surface area contributed by atoms with Gasteiger partial charge < -0.3 is 14.2 Å². The van der Waals surface area contributed by atoms with Gasteiger partial charge in [-0.1, -0.05) is 41.9 Å². The number of nitriles is 1. The zero-order chi connectivity index (χ0) is 22.7. The molecule has 0 amide bonds. The molecule has 0 spiro atoms. The molecule has 8 heteroatoms. The third kappa shape index (κ3) is 4.41. The van der Waals surface area contributed by atoms with Gasteiger partial charge in [0, 0.05) is 28.6 Å². The summed E-state index contributed by atoms with van der Waals surface area (Å²) in [5.41, 5.74) is 2.91. The van der Waals surface area contributed by atoms with E-state index in [9.17, 15) is 10.1 Å². The van der Waals surface area contributed by atoms with Crippen molar-refractivity contribution in [2.24, 2.45) is 0 Å². The Balaban J connectivity index is 1.74. The Bertz CT molecular complexity index is 1360. The first-order valence-electron chi connectivity index (χ1n) is 10.0. The van der Waals surface area contributed by atoms with Crippen LogP contribution < -0.4 is 0 Å². The fourth-order valence-corrected chi connectivity index (χ4v) is 3.66. The van der Waals surface area contributed by atoms with Gasteiger partial charge in [-0.05, 0) is 42.3 Å². The number of halogens is 1.